The molecule has 0 aromatic heterocycles. The molecule has 1 saturated heterocycles. The van der Waals surface area contributed by atoms with E-state index in [-0.39, 0.29) is 6.03 Å². The highest BCUT2D eigenvalue weighted by Gasteiger charge is 2.27. The van der Waals surface area contributed by atoms with Crippen LogP contribution in [0.15, 0.2) is 54.6 Å². The molecule has 4 heteroatoms. The van der Waals surface area contributed by atoms with E-state index >= 15 is 0 Å². The lowest BCUT2D eigenvalue weighted by Crippen LogP contribution is -2.32. The summed E-state index contributed by atoms with van der Waals surface area (Å²) < 4.78 is 5.65. The van der Waals surface area contributed by atoms with Crippen molar-refractivity contribution in [3.63, 3.8) is 0 Å². The number of nitrogens with zero attached hydrogens (tertiary/aromatic N) is 1. The quantitative estimate of drug-likeness (QED) is 0.762. The van der Waals surface area contributed by atoms with Crippen LogP contribution in [0, 0.1) is 0 Å². The fourth-order valence-electron chi connectivity index (χ4n) is 3.11. The van der Waals surface area contributed by atoms with Crippen LogP contribution in [-0.4, -0.2) is 30.6 Å². The summed E-state index contributed by atoms with van der Waals surface area (Å²) in [5.41, 5.74) is 2.11. The third kappa shape index (κ3) is 4.75. The maximum absolute atomic E-state index is 12.5. The molecule has 1 aliphatic rings. The van der Waals surface area contributed by atoms with Gasteiger partial charge in [-0.2, -0.15) is 0 Å². The third-order valence-electron chi connectivity index (χ3n) is 4.62. The van der Waals surface area contributed by atoms with Crippen LogP contribution in [0.5, 0.6) is 5.75 Å². The second-order valence-corrected chi connectivity index (χ2v) is 6.50. The number of anilines is 1. The molecule has 1 fully saturated rings. The molecule has 0 spiro atoms. The molecule has 1 unspecified atom stereocenters. The van der Waals surface area contributed by atoms with Crippen LogP contribution >= 0.6 is 0 Å². The highest BCUT2D eigenvalue weighted by molar-refractivity contribution is 5.89. The molecule has 25 heavy (non-hydrogen) atoms. The van der Waals surface area contributed by atoms with Gasteiger partial charge in [-0.15, -0.1) is 0 Å². The molecular weight excluding hydrogens is 312 g/mol. The molecule has 2 amide bonds. The number of likely N-dealkylation sites (tertiary alicyclic amines) is 1. The first-order chi connectivity index (χ1) is 12.3. The summed E-state index contributed by atoms with van der Waals surface area (Å²) in [4.78, 5) is 14.4. The van der Waals surface area contributed by atoms with Crippen LogP contribution in [0.3, 0.4) is 0 Å². The average molecular weight is 338 g/mol. The van der Waals surface area contributed by atoms with E-state index in [1.165, 1.54) is 5.56 Å². The average Bonchev–Trinajstić information content (AvgIpc) is 3.14. The Morgan fingerprint density at radius 2 is 1.92 bits per heavy atom. The van der Waals surface area contributed by atoms with Crippen molar-refractivity contribution in [1.29, 1.82) is 0 Å². The molecule has 132 valence electrons. The van der Waals surface area contributed by atoms with Crippen molar-refractivity contribution in [2.45, 2.75) is 32.1 Å². The molecule has 0 radical (unpaired) electrons. The number of unbranched alkanes of at least 4 members (excludes halogenated alkanes) is 1. The summed E-state index contributed by atoms with van der Waals surface area (Å²) in [5.74, 6) is 1.28. The Morgan fingerprint density at radius 3 is 2.64 bits per heavy atom. The van der Waals surface area contributed by atoms with Crippen LogP contribution in [0.4, 0.5) is 10.5 Å². The topological polar surface area (TPSA) is 41.6 Å². The summed E-state index contributed by atoms with van der Waals surface area (Å²) in [7, 11) is 0. The summed E-state index contributed by atoms with van der Waals surface area (Å²) in [6, 6.07) is 18.0. The first kappa shape index (κ1) is 17.3. The highest BCUT2D eigenvalue weighted by Crippen LogP contribution is 2.27. The van der Waals surface area contributed by atoms with Gasteiger partial charge in [-0.05, 0) is 42.7 Å². The van der Waals surface area contributed by atoms with Crippen molar-refractivity contribution < 1.29 is 9.53 Å². The molecule has 0 aliphatic carbocycles. The number of benzene rings is 2. The third-order valence-corrected chi connectivity index (χ3v) is 4.62. The highest BCUT2D eigenvalue weighted by atomic mass is 16.5. The van der Waals surface area contributed by atoms with Gasteiger partial charge in [-0.3, -0.25) is 0 Å². The van der Waals surface area contributed by atoms with Gasteiger partial charge < -0.3 is 15.0 Å². The zero-order valence-electron chi connectivity index (χ0n) is 14.8. The van der Waals surface area contributed by atoms with Crippen LogP contribution in [0.1, 0.15) is 37.7 Å². The summed E-state index contributed by atoms with van der Waals surface area (Å²) in [6.07, 6.45) is 3.19. The normalized spacial score (nSPS) is 16.7. The van der Waals surface area contributed by atoms with Crippen molar-refractivity contribution >= 4 is 11.7 Å². The Balaban J connectivity index is 1.51. The van der Waals surface area contributed by atoms with E-state index in [2.05, 4.69) is 36.5 Å². The molecule has 2 aromatic rings. The molecule has 1 aliphatic heterocycles. The van der Waals surface area contributed by atoms with Gasteiger partial charge in [0, 0.05) is 24.7 Å². The largest absolute Gasteiger partial charge is 0.494 e. The lowest BCUT2D eigenvalue weighted by molar-refractivity contribution is 0.222. The summed E-state index contributed by atoms with van der Waals surface area (Å²) in [6.45, 7) is 4.44. The number of carbonyl (C=O) groups is 1. The second-order valence-electron chi connectivity index (χ2n) is 6.50. The number of hydrogen-bond acceptors (Lipinski definition) is 2. The Kier molecular flexibility index (Phi) is 5.94. The molecule has 4 nitrogen and oxygen atoms in total. The van der Waals surface area contributed by atoms with Crippen LogP contribution < -0.4 is 10.1 Å². The van der Waals surface area contributed by atoms with E-state index in [9.17, 15) is 4.79 Å². The van der Waals surface area contributed by atoms with E-state index in [0.29, 0.717) is 5.92 Å². The Bertz CT molecular complexity index is 670. The Hall–Kier alpha value is -2.49. The second kappa shape index (κ2) is 8.56. The smallest absolute Gasteiger partial charge is 0.321 e. The molecule has 1 atom stereocenters. The van der Waals surface area contributed by atoms with Crippen molar-refractivity contribution in [1.82, 2.24) is 4.90 Å². The lowest BCUT2D eigenvalue weighted by Gasteiger charge is -2.18. The Morgan fingerprint density at radius 1 is 1.16 bits per heavy atom. The van der Waals surface area contributed by atoms with Gasteiger partial charge in [-0.25, -0.2) is 4.79 Å². The van der Waals surface area contributed by atoms with Crippen LogP contribution in [0.2, 0.25) is 0 Å². The minimum atomic E-state index is -0.0296. The minimum Gasteiger partial charge on any atom is -0.494 e. The molecule has 2 aromatic carbocycles. The molecule has 1 heterocycles. The SMILES string of the molecule is CCCCOc1ccc(NC(=O)N2CCC(c3ccccc3)C2)cc1. The zero-order valence-corrected chi connectivity index (χ0v) is 14.8. The Labute approximate surface area is 149 Å². The van der Waals surface area contributed by atoms with Gasteiger partial charge in [0.15, 0.2) is 0 Å². The molecule has 3 rings (SSSR count). The number of hydrogen-bond donors (Lipinski definition) is 1. The van der Waals surface area contributed by atoms with E-state index in [1.807, 2.05) is 35.2 Å². The number of ether oxygens (including phenoxy) is 1. The summed E-state index contributed by atoms with van der Waals surface area (Å²) in [5, 5.41) is 2.98. The number of urea groups is 1. The van der Waals surface area contributed by atoms with Crippen molar-refractivity contribution in [2.24, 2.45) is 0 Å². The van der Waals surface area contributed by atoms with Gasteiger partial charge in [0.05, 0.1) is 6.61 Å². The first-order valence-electron chi connectivity index (χ1n) is 9.10. The summed E-state index contributed by atoms with van der Waals surface area (Å²) >= 11 is 0. The molecule has 0 bridgehead atoms. The van der Waals surface area contributed by atoms with Gasteiger partial charge >= 0.3 is 6.03 Å². The number of amides is 2. The minimum absolute atomic E-state index is 0.0296. The molecule has 0 saturated carbocycles. The van der Waals surface area contributed by atoms with Crippen LogP contribution in [-0.2, 0) is 0 Å². The lowest BCUT2D eigenvalue weighted by atomic mass is 9.99. The van der Waals surface area contributed by atoms with Crippen molar-refractivity contribution in [2.75, 3.05) is 25.0 Å². The van der Waals surface area contributed by atoms with Gasteiger partial charge in [0.1, 0.15) is 5.75 Å². The predicted molar refractivity (Wildman–Crippen MR) is 101 cm³/mol. The van der Waals surface area contributed by atoms with E-state index in [1.54, 1.807) is 0 Å². The number of carbonyl (C=O) groups excluding carboxylic acids is 1. The zero-order chi connectivity index (χ0) is 17.5. The van der Waals surface area contributed by atoms with Gasteiger partial charge in [0.2, 0.25) is 0 Å². The van der Waals surface area contributed by atoms with Crippen molar-refractivity contribution in [3.8, 4) is 5.75 Å². The predicted octanol–water partition coefficient (Wildman–Crippen LogP) is 4.89. The maximum atomic E-state index is 12.5. The first-order valence-corrected chi connectivity index (χ1v) is 9.10. The van der Waals surface area contributed by atoms with E-state index in [0.717, 1.165) is 50.4 Å². The maximum Gasteiger partial charge on any atom is 0.321 e. The van der Waals surface area contributed by atoms with E-state index < -0.39 is 0 Å². The monoisotopic (exact) mass is 338 g/mol. The molecule has 1 N–H and O–H groups in total. The van der Waals surface area contributed by atoms with Gasteiger partial charge in [0.25, 0.3) is 0 Å². The number of nitrogens with one attached hydrogen (secondary N) is 1. The van der Waals surface area contributed by atoms with Crippen LogP contribution in [0.25, 0.3) is 0 Å². The fourth-order valence-corrected chi connectivity index (χ4v) is 3.11. The fraction of sp³-hybridized carbons (Fsp3) is 0.381. The van der Waals surface area contributed by atoms with Crippen molar-refractivity contribution in [3.05, 3.63) is 60.2 Å². The molecular formula is C21H26N2O2. The van der Waals surface area contributed by atoms with Gasteiger partial charge in [-0.1, -0.05) is 43.7 Å². The number of rotatable bonds is 6. The van der Waals surface area contributed by atoms with E-state index in [4.69, 9.17) is 4.74 Å². The standard InChI is InChI=1S/C21H26N2O2/c1-2-3-15-25-20-11-9-19(10-12-20)22-21(24)23-14-13-18(16-23)17-7-5-4-6-8-17/h4-12,18H,2-3,13-16H2,1H3,(H,22,24).